The van der Waals surface area contributed by atoms with Crippen molar-refractivity contribution in [1.29, 1.82) is 5.26 Å². The van der Waals surface area contributed by atoms with E-state index in [0.29, 0.717) is 11.9 Å². The van der Waals surface area contributed by atoms with Gasteiger partial charge in [0.25, 0.3) is 0 Å². The molecular weight excluding hydrogens is 321 g/mol. The maximum absolute atomic E-state index is 12.5. The average molecular weight is 334 g/mol. The van der Waals surface area contributed by atoms with Crippen LogP contribution in [-0.2, 0) is 11.0 Å². The molecule has 0 fully saturated rings. The first kappa shape index (κ1) is 17.5. The van der Waals surface area contributed by atoms with Crippen molar-refractivity contribution in [3.8, 4) is 11.8 Å². The lowest BCUT2D eigenvalue weighted by Gasteiger charge is -2.11. The second-order valence-electron chi connectivity index (χ2n) is 5.10. The zero-order valence-electron chi connectivity index (χ0n) is 12.7. The molecule has 2 rings (SSSR count). The van der Waals surface area contributed by atoms with Crippen LogP contribution < -0.4 is 4.74 Å². The molecule has 0 aliphatic carbocycles. The lowest BCUT2D eigenvalue weighted by molar-refractivity contribution is -0.137. The third-order valence-corrected chi connectivity index (χ3v) is 3.26. The third-order valence-electron chi connectivity index (χ3n) is 3.26. The number of aryl methyl sites for hydroxylation is 1. The number of nitrogens with zero attached hydrogens (tertiary/aromatic N) is 2. The van der Waals surface area contributed by atoms with E-state index >= 15 is 0 Å². The Labute approximate surface area is 136 Å². The van der Waals surface area contributed by atoms with Crippen molar-refractivity contribution in [2.75, 3.05) is 6.61 Å². The molecule has 0 saturated heterocycles. The molecule has 0 spiro atoms. The Balaban J connectivity index is 2.06. The molecule has 0 saturated carbocycles. The van der Waals surface area contributed by atoms with Gasteiger partial charge < -0.3 is 4.74 Å². The van der Waals surface area contributed by atoms with Crippen LogP contribution in [0.1, 0.15) is 22.7 Å². The normalized spacial score (nSPS) is 12.3. The van der Waals surface area contributed by atoms with Crippen LogP contribution in [0.2, 0.25) is 0 Å². The van der Waals surface area contributed by atoms with E-state index in [2.05, 4.69) is 4.98 Å². The number of ketones is 1. The Morgan fingerprint density at radius 1 is 1.25 bits per heavy atom. The van der Waals surface area contributed by atoms with E-state index in [1.54, 1.807) is 30.3 Å². The minimum Gasteiger partial charge on any atom is -0.486 e. The number of alkyl halides is 3. The smallest absolute Gasteiger partial charge is 0.417 e. The van der Waals surface area contributed by atoms with E-state index in [9.17, 15) is 18.0 Å². The molecule has 4 nitrogen and oxygen atoms in total. The van der Waals surface area contributed by atoms with Crippen LogP contribution in [-0.4, -0.2) is 17.4 Å². The summed E-state index contributed by atoms with van der Waals surface area (Å²) in [7, 11) is 0. The highest BCUT2D eigenvalue weighted by Gasteiger charge is 2.31. The van der Waals surface area contributed by atoms with Crippen LogP contribution in [0.4, 0.5) is 13.2 Å². The molecule has 1 heterocycles. The molecule has 2 aromatic rings. The van der Waals surface area contributed by atoms with Crippen LogP contribution in [0.15, 0.2) is 42.6 Å². The molecule has 1 aromatic heterocycles. The van der Waals surface area contributed by atoms with Crippen molar-refractivity contribution in [3.63, 3.8) is 0 Å². The van der Waals surface area contributed by atoms with Crippen LogP contribution >= 0.6 is 0 Å². The van der Waals surface area contributed by atoms with Gasteiger partial charge in [0, 0.05) is 6.20 Å². The largest absolute Gasteiger partial charge is 0.486 e. The Hall–Kier alpha value is -2.88. The first-order valence-corrected chi connectivity index (χ1v) is 6.96. The standard InChI is InChI=1S/C17H13F3N2O2/c1-11-2-5-13(6-3-11)24-10-16(23)14(8-21)15-7-4-12(9-22-15)17(18,19)20/h2-7,9,14H,10H2,1H3/t14-/m1/s1. The van der Waals surface area contributed by atoms with Crippen molar-refractivity contribution in [2.24, 2.45) is 0 Å². The highest BCUT2D eigenvalue weighted by atomic mass is 19.4. The predicted octanol–water partition coefficient (Wildman–Crippen LogP) is 3.66. The summed E-state index contributed by atoms with van der Waals surface area (Å²) < 4.78 is 42.8. The van der Waals surface area contributed by atoms with Crippen molar-refractivity contribution >= 4 is 5.78 Å². The quantitative estimate of drug-likeness (QED) is 0.837. The fourth-order valence-corrected chi connectivity index (χ4v) is 1.92. The summed E-state index contributed by atoms with van der Waals surface area (Å²) in [5, 5.41) is 9.12. The van der Waals surface area contributed by atoms with Gasteiger partial charge in [0.1, 0.15) is 12.4 Å². The van der Waals surface area contributed by atoms with E-state index in [1.807, 2.05) is 6.92 Å². The van der Waals surface area contributed by atoms with Crippen LogP contribution in [0, 0.1) is 18.3 Å². The molecule has 0 amide bonds. The molecular formula is C17H13F3N2O2. The van der Waals surface area contributed by atoms with Gasteiger partial charge in [-0.05, 0) is 31.2 Å². The molecule has 0 bridgehead atoms. The van der Waals surface area contributed by atoms with E-state index in [4.69, 9.17) is 10.00 Å². The van der Waals surface area contributed by atoms with Crippen LogP contribution in [0.5, 0.6) is 5.75 Å². The van der Waals surface area contributed by atoms with Gasteiger partial charge in [-0.15, -0.1) is 0 Å². The molecule has 1 aromatic carbocycles. The van der Waals surface area contributed by atoms with Gasteiger partial charge >= 0.3 is 6.18 Å². The number of rotatable bonds is 5. The molecule has 7 heteroatoms. The highest BCUT2D eigenvalue weighted by Crippen LogP contribution is 2.29. The van der Waals surface area contributed by atoms with Crippen molar-refractivity contribution < 1.29 is 22.7 Å². The number of carbonyl (C=O) groups excluding carboxylic acids is 1. The maximum atomic E-state index is 12.5. The molecule has 0 aliphatic rings. The van der Waals surface area contributed by atoms with E-state index in [1.165, 1.54) is 0 Å². The summed E-state index contributed by atoms with van der Waals surface area (Å²) in [5.41, 5.74) is 0.0480. The monoisotopic (exact) mass is 334 g/mol. The van der Waals surface area contributed by atoms with Crippen LogP contribution in [0.3, 0.4) is 0 Å². The van der Waals surface area contributed by atoms with Crippen molar-refractivity contribution in [1.82, 2.24) is 4.98 Å². The van der Waals surface area contributed by atoms with Crippen LogP contribution in [0.25, 0.3) is 0 Å². The average Bonchev–Trinajstić information content (AvgIpc) is 2.55. The zero-order valence-corrected chi connectivity index (χ0v) is 12.7. The summed E-state index contributed by atoms with van der Waals surface area (Å²) in [4.78, 5) is 15.7. The second kappa shape index (κ2) is 7.13. The number of pyridine rings is 1. The minimum absolute atomic E-state index is 0.0389. The molecule has 0 aliphatic heterocycles. The fourth-order valence-electron chi connectivity index (χ4n) is 1.92. The second-order valence-corrected chi connectivity index (χ2v) is 5.10. The van der Waals surface area contributed by atoms with Crippen molar-refractivity contribution in [2.45, 2.75) is 19.0 Å². The van der Waals surface area contributed by atoms with Gasteiger partial charge in [-0.25, -0.2) is 0 Å². The molecule has 24 heavy (non-hydrogen) atoms. The predicted molar refractivity (Wildman–Crippen MR) is 79.3 cm³/mol. The summed E-state index contributed by atoms with van der Waals surface area (Å²) in [6.45, 7) is 1.53. The summed E-state index contributed by atoms with van der Waals surface area (Å²) in [6, 6.07) is 10.5. The third kappa shape index (κ3) is 4.32. The van der Waals surface area contributed by atoms with E-state index in [0.717, 1.165) is 17.7 Å². The summed E-state index contributed by atoms with van der Waals surface area (Å²) >= 11 is 0. The number of aromatic nitrogens is 1. The first-order valence-electron chi connectivity index (χ1n) is 6.96. The minimum atomic E-state index is -4.52. The van der Waals surface area contributed by atoms with Gasteiger partial charge in [-0.3, -0.25) is 9.78 Å². The number of halogens is 3. The SMILES string of the molecule is Cc1ccc(OCC(=O)[C@H](C#N)c2ccc(C(F)(F)F)cn2)cc1. The van der Waals surface area contributed by atoms with Gasteiger partial charge in [-0.2, -0.15) is 18.4 Å². The Morgan fingerprint density at radius 2 is 1.92 bits per heavy atom. The Morgan fingerprint density at radius 3 is 2.42 bits per heavy atom. The zero-order chi connectivity index (χ0) is 17.7. The topological polar surface area (TPSA) is 63.0 Å². The van der Waals surface area contributed by atoms with Gasteiger partial charge in [-0.1, -0.05) is 17.7 Å². The Bertz CT molecular complexity index is 747. The lowest BCUT2D eigenvalue weighted by Crippen LogP contribution is -2.20. The molecule has 0 radical (unpaired) electrons. The number of hydrogen-bond donors (Lipinski definition) is 0. The number of ether oxygens (including phenoxy) is 1. The Kier molecular flexibility index (Phi) is 5.19. The number of nitriles is 1. The lowest BCUT2D eigenvalue weighted by atomic mass is 10.0. The summed E-state index contributed by atoms with van der Waals surface area (Å²) in [6.07, 6.45) is -3.92. The molecule has 0 unspecified atom stereocenters. The molecule has 1 atom stereocenters. The first-order chi connectivity index (χ1) is 11.3. The van der Waals surface area contributed by atoms with E-state index < -0.39 is 23.4 Å². The molecule has 0 N–H and O–H groups in total. The number of Topliss-reactive ketones (excluding diaryl/α,β-unsaturated/α-hetero) is 1. The van der Waals surface area contributed by atoms with Gasteiger partial charge in [0.2, 0.25) is 0 Å². The molecule has 124 valence electrons. The number of benzene rings is 1. The van der Waals surface area contributed by atoms with Gasteiger partial charge in [0.05, 0.1) is 17.3 Å². The summed E-state index contributed by atoms with van der Waals surface area (Å²) in [5.74, 6) is -1.39. The maximum Gasteiger partial charge on any atom is 0.417 e. The number of carbonyl (C=O) groups is 1. The number of hydrogen-bond acceptors (Lipinski definition) is 4. The van der Waals surface area contributed by atoms with Crippen molar-refractivity contribution in [3.05, 3.63) is 59.4 Å². The van der Waals surface area contributed by atoms with Gasteiger partial charge in [0.15, 0.2) is 11.7 Å². The highest BCUT2D eigenvalue weighted by molar-refractivity contribution is 5.89. The fraction of sp³-hybridized carbons (Fsp3) is 0.235. The van der Waals surface area contributed by atoms with E-state index in [-0.39, 0.29) is 12.3 Å².